The van der Waals surface area contributed by atoms with Crippen molar-refractivity contribution in [1.29, 1.82) is 0 Å². The predicted octanol–water partition coefficient (Wildman–Crippen LogP) is 3.81. The summed E-state index contributed by atoms with van der Waals surface area (Å²) in [5, 5.41) is 30.3. The Labute approximate surface area is 213 Å². The highest BCUT2D eigenvalue weighted by Crippen LogP contribution is 2.35. The summed E-state index contributed by atoms with van der Waals surface area (Å²) >= 11 is 0. The molecule has 0 amide bonds. The van der Waals surface area contributed by atoms with Crippen LogP contribution in [0.2, 0.25) is 0 Å². The van der Waals surface area contributed by atoms with Gasteiger partial charge in [0.2, 0.25) is 0 Å². The highest BCUT2D eigenvalue weighted by atomic mass is 16.6. The molecule has 0 aliphatic carbocycles. The Balaban J connectivity index is 1.76. The second-order valence-electron chi connectivity index (χ2n) is 7.68. The normalized spacial score (nSPS) is 16.6. The summed E-state index contributed by atoms with van der Waals surface area (Å²) in [4.78, 5) is 22.9. The number of benzene rings is 2. The maximum Gasteiger partial charge on any atom is 0.303 e. The van der Waals surface area contributed by atoms with Crippen LogP contribution in [0.1, 0.15) is 0 Å². The van der Waals surface area contributed by atoms with Crippen molar-refractivity contribution >= 4 is 28.4 Å². The number of anilines is 1. The fourth-order valence-corrected chi connectivity index (χ4v) is 3.42. The SMILES string of the molecule is COc1cc(N=Nc2ccc([N+](=O)[O-])cc2[N+](=O)[O-])ccc1N1CCOCCOCCOCCOCC1. The fraction of sp³-hybridized carbons (Fsp3) is 0.478. The van der Waals surface area contributed by atoms with Gasteiger partial charge in [-0.15, -0.1) is 5.11 Å². The highest BCUT2D eigenvalue weighted by Gasteiger charge is 2.20. The molecule has 0 N–H and O–H groups in total. The van der Waals surface area contributed by atoms with E-state index in [4.69, 9.17) is 23.7 Å². The lowest BCUT2D eigenvalue weighted by atomic mass is 10.2. The van der Waals surface area contributed by atoms with E-state index in [9.17, 15) is 20.2 Å². The maximum absolute atomic E-state index is 11.3. The van der Waals surface area contributed by atoms with Gasteiger partial charge in [0.25, 0.3) is 5.69 Å². The van der Waals surface area contributed by atoms with E-state index < -0.39 is 21.2 Å². The van der Waals surface area contributed by atoms with E-state index in [1.54, 1.807) is 18.2 Å². The number of rotatable bonds is 6. The summed E-state index contributed by atoms with van der Waals surface area (Å²) in [6.45, 7) is 5.00. The molecule has 14 heteroatoms. The third kappa shape index (κ3) is 8.71. The van der Waals surface area contributed by atoms with Crippen LogP contribution in [0.5, 0.6) is 5.75 Å². The number of methoxy groups -OCH3 is 1. The molecule has 0 atom stereocenters. The Morgan fingerprint density at radius 2 is 1.38 bits per heavy atom. The smallest absolute Gasteiger partial charge is 0.303 e. The van der Waals surface area contributed by atoms with Crippen LogP contribution in [-0.4, -0.2) is 82.9 Å². The average molecular weight is 520 g/mol. The molecule has 0 spiro atoms. The monoisotopic (exact) mass is 519 g/mol. The second-order valence-corrected chi connectivity index (χ2v) is 7.68. The summed E-state index contributed by atoms with van der Waals surface area (Å²) in [5.74, 6) is 0.513. The molecule has 1 aliphatic heterocycles. The minimum atomic E-state index is -0.740. The Hall–Kier alpha value is -3.72. The van der Waals surface area contributed by atoms with E-state index in [-0.39, 0.29) is 5.69 Å². The lowest BCUT2D eigenvalue weighted by molar-refractivity contribution is -0.393. The Morgan fingerprint density at radius 1 is 0.784 bits per heavy atom. The standard InChI is InChI=1S/C23H29N5O9/c1-33-23-16-18(24-25-20-4-3-19(27(29)30)17-22(20)28(31)32)2-5-21(23)26-6-8-34-10-12-36-14-15-37-13-11-35-9-7-26/h2-5,16-17H,6-15H2,1H3. The van der Waals surface area contributed by atoms with E-state index in [0.717, 1.165) is 17.8 Å². The van der Waals surface area contributed by atoms with Crippen LogP contribution in [0.25, 0.3) is 0 Å². The molecule has 200 valence electrons. The minimum Gasteiger partial charge on any atom is -0.495 e. The summed E-state index contributed by atoms with van der Waals surface area (Å²) in [5.41, 5.74) is 0.142. The highest BCUT2D eigenvalue weighted by molar-refractivity contribution is 5.65. The first-order valence-corrected chi connectivity index (χ1v) is 11.6. The first-order chi connectivity index (χ1) is 18.0. The van der Waals surface area contributed by atoms with Gasteiger partial charge < -0.3 is 28.6 Å². The van der Waals surface area contributed by atoms with E-state index >= 15 is 0 Å². The summed E-state index contributed by atoms with van der Waals surface area (Å²) in [6, 6.07) is 8.31. The average Bonchev–Trinajstić information content (AvgIpc) is 2.91. The van der Waals surface area contributed by atoms with Crippen LogP contribution < -0.4 is 9.64 Å². The molecule has 37 heavy (non-hydrogen) atoms. The first-order valence-electron chi connectivity index (χ1n) is 11.6. The molecule has 0 saturated carbocycles. The van der Waals surface area contributed by atoms with Crippen LogP contribution in [0, 0.1) is 20.2 Å². The number of nitro groups is 2. The second kappa shape index (κ2) is 14.7. The van der Waals surface area contributed by atoms with Gasteiger partial charge in [-0.3, -0.25) is 20.2 Å². The van der Waals surface area contributed by atoms with Crippen molar-refractivity contribution in [2.75, 3.05) is 78.0 Å². The van der Waals surface area contributed by atoms with Crippen LogP contribution in [0.4, 0.5) is 28.4 Å². The van der Waals surface area contributed by atoms with E-state index in [1.807, 2.05) is 0 Å². The zero-order valence-electron chi connectivity index (χ0n) is 20.4. The van der Waals surface area contributed by atoms with E-state index in [1.165, 1.54) is 13.2 Å². The Bertz CT molecular complexity index is 1070. The summed E-state index contributed by atoms with van der Waals surface area (Å²) in [7, 11) is 1.52. The zero-order valence-corrected chi connectivity index (χ0v) is 20.4. The molecule has 0 aromatic heterocycles. The summed E-state index contributed by atoms with van der Waals surface area (Å²) < 4.78 is 27.8. The Kier molecular flexibility index (Phi) is 11.1. The maximum atomic E-state index is 11.3. The van der Waals surface area contributed by atoms with E-state index in [2.05, 4.69) is 15.1 Å². The van der Waals surface area contributed by atoms with Gasteiger partial charge in [-0.2, -0.15) is 5.11 Å². The molecule has 2 aromatic rings. The number of azo groups is 1. The minimum absolute atomic E-state index is 0.105. The number of nitrogens with zero attached hydrogens (tertiary/aromatic N) is 5. The molecule has 1 aliphatic rings. The molecule has 0 radical (unpaired) electrons. The molecular formula is C23H29N5O9. The molecule has 1 fully saturated rings. The topological polar surface area (TPSA) is 160 Å². The van der Waals surface area contributed by atoms with Crippen LogP contribution in [0.15, 0.2) is 46.6 Å². The van der Waals surface area contributed by atoms with E-state index in [0.29, 0.717) is 77.4 Å². The third-order valence-corrected chi connectivity index (χ3v) is 5.27. The fourth-order valence-electron chi connectivity index (χ4n) is 3.42. The van der Waals surface area contributed by atoms with Crippen LogP contribution in [-0.2, 0) is 18.9 Å². The third-order valence-electron chi connectivity index (χ3n) is 5.27. The summed E-state index contributed by atoms with van der Waals surface area (Å²) in [6.07, 6.45) is 0. The number of nitro benzene ring substituents is 2. The molecular weight excluding hydrogens is 490 g/mol. The molecule has 0 bridgehead atoms. The van der Waals surface area contributed by atoms with Gasteiger partial charge in [-0.1, -0.05) is 0 Å². The number of ether oxygens (including phenoxy) is 5. The van der Waals surface area contributed by atoms with Crippen molar-refractivity contribution in [1.82, 2.24) is 0 Å². The van der Waals surface area contributed by atoms with Gasteiger partial charge in [0.1, 0.15) is 5.75 Å². The molecule has 2 aromatic carbocycles. The lowest BCUT2D eigenvalue weighted by Crippen LogP contribution is -2.31. The lowest BCUT2D eigenvalue weighted by Gasteiger charge is -2.26. The van der Waals surface area contributed by atoms with Gasteiger partial charge in [0.05, 0.1) is 87.3 Å². The first kappa shape index (κ1) is 27.9. The molecule has 3 rings (SSSR count). The Morgan fingerprint density at radius 3 is 1.92 bits per heavy atom. The quantitative estimate of drug-likeness (QED) is 0.312. The predicted molar refractivity (Wildman–Crippen MR) is 132 cm³/mol. The van der Waals surface area contributed by atoms with Gasteiger partial charge in [-0.05, 0) is 18.2 Å². The zero-order chi connectivity index (χ0) is 26.5. The van der Waals surface area contributed by atoms with Crippen molar-refractivity contribution in [3.05, 3.63) is 56.6 Å². The molecule has 1 saturated heterocycles. The van der Waals surface area contributed by atoms with Crippen molar-refractivity contribution in [3.63, 3.8) is 0 Å². The van der Waals surface area contributed by atoms with Gasteiger partial charge in [0, 0.05) is 25.2 Å². The molecule has 14 nitrogen and oxygen atoms in total. The largest absolute Gasteiger partial charge is 0.495 e. The van der Waals surface area contributed by atoms with Gasteiger partial charge in [-0.25, -0.2) is 0 Å². The van der Waals surface area contributed by atoms with Gasteiger partial charge in [0.15, 0.2) is 5.69 Å². The van der Waals surface area contributed by atoms with Crippen LogP contribution in [0.3, 0.4) is 0 Å². The van der Waals surface area contributed by atoms with Crippen molar-refractivity contribution in [2.24, 2.45) is 10.2 Å². The van der Waals surface area contributed by atoms with Crippen molar-refractivity contribution in [2.45, 2.75) is 0 Å². The molecule has 0 unspecified atom stereocenters. The van der Waals surface area contributed by atoms with Gasteiger partial charge >= 0.3 is 5.69 Å². The van der Waals surface area contributed by atoms with Crippen LogP contribution >= 0.6 is 0 Å². The van der Waals surface area contributed by atoms with Crippen molar-refractivity contribution < 1.29 is 33.5 Å². The number of non-ortho nitro benzene ring substituents is 1. The van der Waals surface area contributed by atoms with Crippen molar-refractivity contribution in [3.8, 4) is 5.75 Å². The number of hydrogen-bond donors (Lipinski definition) is 0. The number of hydrogen-bond acceptors (Lipinski definition) is 12. The molecule has 1 heterocycles.